The van der Waals surface area contributed by atoms with Crippen molar-refractivity contribution in [1.82, 2.24) is 0 Å². The molecule has 2 N–H and O–H groups in total. The Kier molecular flexibility index (Phi) is 3.42. The van der Waals surface area contributed by atoms with Crippen molar-refractivity contribution in [2.75, 3.05) is 0 Å². The first kappa shape index (κ1) is 12.3. The Labute approximate surface area is 81.3 Å². The van der Waals surface area contributed by atoms with Crippen LogP contribution in [0.15, 0.2) is 11.5 Å². The van der Waals surface area contributed by atoms with E-state index in [-0.39, 0.29) is 10.8 Å². The van der Waals surface area contributed by atoms with Crippen LogP contribution in [0.1, 0.15) is 48.0 Å². The van der Waals surface area contributed by atoms with E-state index in [4.69, 9.17) is 10.2 Å². The zero-order chi connectivity index (χ0) is 10.9. The van der Waals surface area contributed by atoms with Gasteiger partial charge in [0, 0.05) is 5.57 Å². The van der Waals surface area contributed by atoms with E-state index in [2.05, 4.69) is 20.8 Å². The summed E-state index contributed by atoms with van der Waals surface area (Å²) in [6.45, 7) is 12.2. The Morgan fingerprint density at radius 3 is 1.38 bits per heavy atom. The SMILES string of the molecule is CC(C)(C)CC(=C(O)O)C(C)(C)C. The van der Waals surface area contributed by atoms with E-state index in [0.717, 1.165) is 5.57 Å². The van der Waals surface area contributed by atoms with E-state index in [0.29, 0.717) is 6.42 Å². The maximum atomic E-state index is 9.15. The normalized spacial score (nSPS) is 12.8. The van der Waals surface area contributed by atoms with Crippen molar-refractivity contribution in [3.63, 3.8) is 0 Å². The first-order chi connectivity index (χ1) is 5.54. The van der Waals surface area contributed by atoms with Crippen LogP contribution in [-0.4, -0.2) is 10.2 Å². The molecular formula is C11H22O2. The van der Waals surface area contributed by atoms with Gasteiger partial charge in [-0.05, 0) is 17.3 Å². The summed E-state index contributed by atoms with van der Waals surface area (Å²) >= 11 is 0. The average molecular weight is 186 g/mol. The highest BCUT2D eigenvalue weighted by atomic mass is 16.5. The number of rotatable bonds is 1. The predicted octanol–water partition coefficient (Wildman–Crippen LogP) is 3.80. The van der Waals surface area contributed by atoms with Crippen molar-refractivity contribution in [3.8, 4) is 0 Å². The van der Waals surface area contributed by atoms with Crippen LogP contribution in [-0.2, 0) is 0 Å². The summed E-state index contributed by atoms with van der Waals surface area (Å²) in [4.78, 5) is 0. The molecule has 2 heteroatoms. The summed E-state index contributed by atoms with van der Waals surface area (Å²) in [7, 11) is 0. The van der Waals surface area contributed by atoms with Crippen LogP contribution in [0.3, 0.4) is 0 Å². The summed E-state index contributed by atoms with van der Waals surface area (Å²) < 4.78 is 0. The Morgan fingerprint density at radius 1 is 0.923 bits per heavy atom. The molecule has 0 aliphatic carbocycles. The van der Waals surface area contributed by atoms with Gasteiger partial charge in [-0.25, -0.2) is 0 Å². The quantitative estimate of drug-likeness (QED) is 0.611. The van der Waals surface area contributed by atoms with Gasteiger partial charge in [0.15, 0.2) is 0 Å². The van der Waals surface area contributed by atoms with Gasteiger partial charge >= 0.3 is 0 Å². The number of hydrogen-bond acceptors (Lipinski definition) is 2. The van der Waals surface area contributed by atoms with Gasteiger partial charge in [0.25, 0.3) is 5.95 Å². The van der Waals surface area contributed by atoms with Crippen LogP contribution in [0.25, 0.3) is 0 Å². The molecule has 0 aromatic carbocycles. The molecule has 0 bridgehead atoms. The molecule has 0 aliphatic rings. The van der Waals surface area contributed by atoms with Crippen LogP contribution in [0.4, 0.5) is 0 Å². The molecule has 0 aliphatic heterocycles. The number of hydrogen-bond donors (Lipinski definition) is 2. The fraction of sp³-hybridized carbons (Fsp3) is 0.818. The summed E-state index contributed by atoms with van der Waals surface area (Å²) in [6, 6.07) is 0. The third-order valence-electron chi connectivity index (χ3n) is 1.88. The fourth-order valence-corrected chi connectivity index (χ4v) is 1.21. The highest BCUT2D eigenvalue weighted by Gasteiger charge is 2.26. The van der Waals surface area contributed by atoms with E-state index < -0.39 is 5.95 Å². The fourth-order valence-electron chi connectivity index (χ4n) is 1.21. The van der Waals surface area contributed by atoms with Crippen molar-refractivity contribution < 1.29 is 10.2 Å². The highest BCUT2D eigenvalue weighted by molar-refractivity contribution is 5.12. The van der Waals surface area contributed by atoms with Crippen molar-refractivity contribution in [3.05, 3.63) is 11.5 Å². The summed E-state index contributed by atoms with van der Waals surface area (Å²) in [5.74, 6) is -0.512. The van der Waals surface area contributed by atoms with E-state index >= 15 is 0 Å². The second kappa shape index (κ2) is 3.60. The van der Waals surface area contributed by atoms with E-state index in [1.165, 1.54) is 0 Å². The lowest BCUT2D eigenvalue weighted by Crippen LogP contribution is -2.18. The van der Waals surface area contributed by atoms with E-state index in [1.54, 1.807) is 0 Å². The molecule has 0 rings (SSSR count). The van der Waals surface area contributed by atoms with Gasteiger partial charge in [-0.2, -0.15) is 0 Å². The Balaban J connectivity index is 4.80. The first-order valence-corrected chi connectivity index (χ1v) is 4.65. The molecule has 0 spiro atoms. The molecule has 78 valence electrons. The molecule has 0 aromatic heterocycles. The van der Waals surface area contributed by atoms with Crippen LogP contribution in [0.2, 0.25) is 0 Å². The topological polar surface area (TPSA) is 40.5 Å². The highest BCUT2D eigenvalue weighted by Crippen LogP contribution is 2.36. The molecule has 2 nitrogen and oxygen atoms in total. The predicted molar refractivity (Wildman–Crippen MR) is 55.8 cm³/mol. The molecule has 0 atom stereocenters. The maximum Gasteiger partial charge on any atom is 0.273 e. The van der Waals surface area contributed by atoms with Gasteiger partial charge in [-0.15, -0.1) is 0 Å². The summed E-state index contributed by atoms with van der Waals surface area (Å²) in [5.41, 5.74) is 0.630. The van der Waals surface area contributed by atoms with Gasteiger partial charge in [-0.3, -0.25) is 0 Å². The second-order valence-corrected chi connectivity index (χ2v) is 5.79. The third kappa shape index (κ3) is 4.81. The zero-order valence-electron chi connectivity index (χ0n) is 9.60. The van der Waals surface area contributed by atoms with Crippen LogP contribution < -0.4 is 0 Å². The summed E-state index contributed by atoms with van der Waals surface area (Å²) in [6.07, 6.45) is 0.707. The van der Waals surface area contributed by atoms with Gasteiger partial charge in [0.1, 0.15) is 0 Å². The monoisotopic (exact) mass is 186 g/mol. The van der Waals surface area contributed by atoms with Crippen molar-refractivity contribution in [1.29, 1.82) is 0 Å². The maximum absolute atomic E-state index is 9.15. The number of allylic oxidation sites excluding steroid dienone is 1. The Hall–Kier alpha value is -0.660. The van der Waals surface area contributed by atoms with Crippen LogP contribution in [0, 0.1) is 10.8 Å². The lowest BCUT2D eigenvalue weighted by molar-refractivity contribution is 0.165. The molecule has 0 saturated heterocycles. The molecule has 0 saturated carbocycles. The minimum absolute atomic E-state index is 0.0827. The molecule has 13 heavy (non-hydrogen) atoms. The van der Waals surface area contributed by atoms with Crippen molar-refractivity contribution in [2.45, 2.75) is 48.0 Å². The van der Waals surface area contributed by atoms with Gasteiger partial charge in [0.2, 0.25) is 0 Å². The standard InChI is InChI=1S/C11H22O2/c1-10(2,3)7-8(9(12)13)11(4,5)6/h12-13H,7H2,1-6H3. The van der Waals surface area contributed by atoms with Crippen LogP contribution >= 0.6 is 0 Å². The molecular weight excluding hydrogens is 164 g/mol. The minimum Gasteiger partial charge on any atom is -0.481 e. The lowest BCUT2D eigenvalue weighted by Gasteiger charge is -2.28. The zero-order valence-corrected chi connectivity index (χ0v) is 9.60. The molecule has 0 heterocycles. The summed E-state index contributed by atoms with van der Waals surface area (Å²) in [5, 5.41) is 18.3. The molecule has 0 fully saturated rings. The number of aliphatic hydroxyl groups is 2. The van der Waals surface area contributed by atoms with Crippen LogP contribution in [0.5, 0.6) is 0 Å². The smallest absolute Gasteiger partial charge is 0.273 e. The Morgan fingerprint density at radius 2 is 1.31 bits per heavy atom. The molecule has 0 aromatic rings. The van der Waals surface area contributed by atoms with Gasteiger partial charge < -0.3 is 10.2 Å². The average Bonchev–Trinajstić information content (AvgIpc) is 1.77. The molecule has 0 unspecified atom stereocenters. The van der Waals surface area contributed by atoms with Gasteiger partial charge in [0.05, 0.1) is 0 Å². The first-order valence-electron chi connectivity index (χ1n) is 4.65. The minimum atomic E-state index is -0.512. The molecule has 0 radical (unpaired) electrons. The van der Waals surface area contributed by atoms with E-state index in [1.807, 2.05) is 20.8 Å². The lowest BCUT2D eigenvalue weighted by atomic mass is 9.77. The third-order valence-corrected chi connectivity index (χ3v) is 1.88. The largest absolute Gasteiger partial charge is 0.481 e. The van der Waals surface area contributed by atoms with Crippen molar-refractivity contribution >= 4 is 0 Å². The Bertz CT molecular complexity index is 197. The van der Waals surface area contributed by atoms with Crippen molar-refractivity contribution in [2.24, 2.45) is 10.8 Å². The number of aliphatic hydroxyl groups excluding tert-OH is 1. The van der Waals surface area contributed by atoms with E-state index in [9.17, 15) is 0 Å². The van der Waals surface area contributed by atoms with Gasteiger partial charge in [-0.1, -0.05) is 41.5 Å². The second-order valence-electron chi connectivity index (χ2n) is 5.79. The molecule has 0 amide bonds.